The highest BCUT2D eigenvalue weighted by Gasteiger charge is 2.00. The van der Waals surface area contributed by atoms with E-state index in [9.17, 15) is 4.79 Å². The van der Waals surface area contributed by atoms with Gasteiger partial charge in [-0.15, -0.1) is 24.0 Å². The van der Waals surface area contributed by atoms with Gasteiger partial charge in [0.25, 0.3) is 0 Å². The number of ether oxygens (including phenoxy) is 1. The molecule has 18 heavy (non-hydrogen) atoms. The second kappa shape index (κ2) is 12.9. The van der Waals surface area contributed by atoms with Crippen molar-refractivity contribution in [2.75, 3.05) is 19.7 Å². The fourth-order valence-electron chi connectivity index (χ4n) is 1.20. The zero-order valence-corrected chi connectivity index (χ0v) is 13.9. The molecule has 0 aromatic heterocycles. The van der Waals surface area contributed by atoms with Crippen LogP contribution in [0.25, 0.3) is 0 Å². The molecule has 0 atom stereocenters. The number of nitrogens with two attached hydrogens (primary N) is 1. The minimum Gasteiger partial charge on any atom is -0.466 e. The monoisotopic (exact) mass is 371 g/mol. The zero-order chi connectivity index (χ0) is 13.1. The quantitative estimate of drug-likeness (QED) is 0.225. The van der Waals surface area contributed by atoms with Gasteiger partial charge in [0, 0.05) is 19.5 Å². The smallest absolute Gasteiger partial charge is 0.305 e. The number of rotatable bonds is 8. The maximum Gasteiger partial charge on any atom is 0.305 e. The van der Waals surface area contributed by atoms with E-state index in [1.54, 1.807) is 6.92 Å². The summed E-state index contributed by atoms with van der Waals surface area (Å²) in [5.74, 6) is 0.933. The van der Waals surface area contributed by atoms with Crippen molar-refractivity contribution >= 4 is 35.9 Å². The van der Waals surface area contributed by atoms with Crippen LogP contribution in [0.1, 0.15) is 40.0 Å². The van der Waals surface area contributed by atoms with Crippen LogP contribution in [0.3, 0.4) is 0 Å². The van der Waals surface area contributed by atoms with Crippen LogP contribution in [0.5, 0.6) is 0 Å². The first-order chi connectivity index (χ1) is 8.06. The Morgan fingerprint density at radius 2 is 2.11 bits per heavy atom. The molecule has 0 spiro atoms. The fraction of sp³-hybridized carbons (Fsp3) is 0.833. The highest BCUT2D eigenvalue weighted by molar-refractivity contribution is 14.0. The van der Waals surface area contributed by atoms with Crippen LogP contribution in [0.2, 0.25) is 0 Å². The van der Waals surface area contributed by atoms with Crippen LogP contribution in [0, 0.1) is 5.92 Å². The summed E-state index contributed by atoms with van der Waals surface area (Å²) in [5.41, 5.74) is 5.66. The van der Waals surface area contributed by atoms with Crippen LogP contribution >= 0.6 is 24.0 Å². The molecule has 0 heterocycles. The molecule has 0 saturated heterocycles. The minimum atomic E-state index is -0.172. The van der Waals surface area contributed by atoms with Crippen molar-refractivity contribution in [3.05, 3.63) is 0 Å². The van der Waals surface area contributed by atoms with Gasteiger partial charge in [0.2, 0.25) is 0 Å². The molecule has 0 aliphatic rings. The summed E-state index contributed by atoms with van der Waals surface area (Å²) in [6.45, 7) is 7.95. The first-order valence-corrected chi connectivity index (χ1v) is 6.25. The molecule has 0 rings (SSSR count). The van der Waals surface area contributed by atoms with Crippen LogP contribution in [0.4, 0.5) is 0 Å². The molecule has 0 aliphatic carbocycles. The topological polar surface area (TPSA) is 76.7 Å². The van der Waals surface area contributed by atoms with Gasteiger partial charge in [-0.1, -0.05) is 13.8 Å². The number of halogens is 1. The Hall–Kier alpha value is -0.530. The van der Waals surface area contributed by atoms with Crippen molar-refractivity contribution in [1.29, 1.82) is 0 Å². The number of nitrogens with one attached hydrogen (secondary N) is 1. The predicted molar refractivity (Wildman–Crippen MR) is 85.2 cm³/mol. The number of hydrogen-bond donors (Lipinski definition) is 2. The largest absolute Gasteiger partial charge is 0.466 e. The van der Waals surface area contributed by atoms with Crippen molar-refractivity contribution in [3.8, 4) is 0 Å². The van der Waals surface area contributed by atoms with Crippen molar-refractivity contribution in [2.24, 2.45) is 16.6 Å². The van der Waals surface area contributed by atoms with Crippen molar-refractivity contribution in [2.45, 2.75) is 40.0 Å². The SMILES string of the molecule is CCOC(=O)CCCN=C(N)NCCC(C)C.I. The molecule has 0 amide bonds. The maximum atomic E-state index is 11.0. The predicted octanol–water partition coefficient (Wildman–Crippen LogP) is 1.90. The summed E-state index contributed by atoms with van der Waals surface area (Å²) in [6, 6.07) is 0. The van der Waals surface area contributed by atoms with Gasteiger partial charge >= 0.3 is 5.97 Å². The van der Waals surface area contributed by atoms with E-state index in [2.05, 4.69) is 24.2 Å². The Labute approximate surface area is 127 Å². The number of aliphatic imine (C=N–C) groups is 1. The average Bonchev–Trinajstić information content (AvgIpc) is 2.24. The minimum absolute atomic E-state index is 0. The van der Waals surface area contributed by atoms with Crippen LogP contribution in [-0.4, -0.2) is 31.6 Å². The second-order valence-corrected chi connectivity index (χ2v) is 4.28. The van der Waals surface area contributed by atoms with Crippen molar-refractivity contribution in [3.63, 3.8) is 0 Å². The normalized spacial score (nSPS) is 11.0. The highest BCUT2D eigenvalue weighted by Crippen LogP contribution is 1.96. The average molecular weight is 371 g/mol. The molecule has 0 aromatic carbocycles. The molecule has 5 nitrogen and oxygen atoms in total. The Morgan fingerprint density at radius 1 is 1.44 bits per heavy atom. The number of hydrogen-bond acceptors (Lipinski definition) is 3. The standard InChI is InChI=1S/C12H25N3O2.HI/c1-4-17-11(16)6-5-8-14-12(13)15-9-7-10(2)3;/h10H,4-9H2,1-3H3,(H3,13,14,15);1H. The van der Waals surface area contributed by atoms with Gasteiger partial charge in [0.1, 0.15) is 0 Å². The molecule has 0 aromatic rings. The van der Waals surface area contributed by atoms with Crippen LogP contribution in [-0.2, 0) is 9.53 Å². The van der Waals surface area contributed by atoms with Gasteiger partial charge in [0.05, 0.1) is 6.61 Å². The zero-order valence-electron chi connectivity index (χ0n) is 11.6. The molecule has 0 saturated carbocycles. The summed E-state index contributed by atoms with van der Waals surface area (Å²) in [6.07, 6.45) is 2.14. The molecule has 0 bridgehead atoms. The number of guanidine groups is 1. The van der Waals surface area contributed by atoms with Gasteiger partial charge < -0.3 is 15.8 Å². The number of nitrogens with zero attached hydrogens (tertiary/aromatic N) is 1. The molecule has 108 valence electrons. The Bertz CT molecular complexity index is 245. The van der Waals surface area contributed by atoms with Gasteiger partial charge in [0.15, 0.2) is 5.96 Å². The lowest BCUT2D eigenvalue weighted by Gasteiger charge is -2.07. The van der Waals surface area contributed by atoms with Crippen LogP contribution in [0.15, 0.2) is 4.99 Å². The Balaban J connectivity index is 0. The summed E-state index contributed by atoms with van der Waals surface area (Å²) in [4.78, 5) is 15.1. The summed E-state index contributed by atoms with van der Waals surface area (Å²) >= 11 is 0. The van der Waals surface area contributed by atoms with Crippen molar-refractivity contribution in [1.82, 2.24) is 5.32 Å². The molecule has 3 N–H and O–H groups in total. The van der Waals surface area contributed by atoms with E-state index in [4.69, 9.17) is 10.5 Å². The fourth-order valence-corrected chi connectivity index (χ4v) is 1.20. The second-order valence-electron chi connectivity index (χ2n) is 4.28. The van der Waals surface area contributed by atoms with E-state index in [1.165, 1.54) is 0 Å². The highest BCUT2D eigenvalue weighted by atomic mass is 127. The summed E-state index contributed by atoms with van der Waals surface area (Å²) < 4.78 is 4.81. The van der Waals surface area contributed by atoms with E-state index >= 15 is 0 Å². The lowest BCUT2D eigenvalue weighted by atomic mass is 10.1. The van der Waals surface area contributed by atoms with Gasteiger partial charge in [-0.05, 0) is 25.7 Å². The van der Waals surface area contributed by atoms with Gasteiger partial charge in [-0.25, -0.2) is 0 Å². The Kier molecular flexibility index (Phi) is 14.2. The van der Waals surface area contributed by atoms with E-state index < -0.39 is 0 Å². The van der Waals surface area contributed by atoms with E-state index in [0.29, 0.717) is 37.9 Å². The van der Waals surface area contributed by atoms with Crippen LogP contribution < -0.4 is 11.1 Å². The summed E-state index contributed by atoms with van der Waals surface area (Å²) in [7, 11) is 0. The van der Waals surface area contributed by atoms with Gasteiger partial charge in [-0.2, -0.15) is 0 Å². The molecule has 0 radical (unpaired) electrons. The maximum absolute atomic E-state index is 11.0. The number of esters is 1. The third kappa shape index (κ3) is 13.5. The first-order valence-electron chi connectivity index (χ1n) is 6.25. The first kappa shape index (κ1) is 19.8. The third-order valence-corrected chi connectivity index (χ3v) is 2.15. The van der Waals surface area contributed by atoms with Crippen molar-refractivity contribution < 1.29 is 9.53 Å². The molecule has 0 aliphatic heterocycles. The third-order valence-electron chi connectivity index (χ3n) is 2.15. The lowest BCUT2D eigenvalue weighted by Crippen LogP contribution is -2.33. The molecule has 0 unspecified atom stereocenters. The van der Waals surface area contributed by atoms with E-state index in [1.807, 2.05) is 0 Å². The van der Waals surface area contributed by atoms with Gasteiger partial charge in [-0.3, -0.25) is 9.79 Å². The molecular formula is C12H26IN3O2. The van der Waals surface area contributed by atoms with E-state index in [-0.39, 0.29) is 29.9 Å². The molecule has 6 heteroatoms. The summed E-state index contributed by atoms with van der Waals surface area (Å²) in [5, 5.41) is 3.04. The lowest BCUT2D eigenvalue weighted by molar-refractivity contribution is -0.143. The molecule has 0 fully saturated rings. The Morgan fingerprint density at radius 3 is 2.67 bits per heavy atom. The molecular weight excluding hydrogens is 345 g/mol. The number of carbonyl (C=O) groups is 1. The number of carbonyl (C=O) groups excluding carboxylic acids is 1. The van der Waals surface area contributed by atoms with E-state index in [0.717, 1.165) is 13.0 Å².